The summed E-state index contributed by atoms with van der Waals surface area (Å²) >= 11 is 0. The Morgan fingerprint density at radius 1 is 0.964 bits per heavy atom. The molecular formula is C21H21F3N2O2. The number of carbonyl (C=O) groups is 2. The van der Waals surface area contributed by atoms with Gasteiger partial charge in [0.2, 0.25) is 5.91 Å². The smallest absolute Gasteiger partial charge is 0.370 e. The predicted octanol–water partition coefficient (Wildman–Crippen LogP) is 4.91. The Morgan fingerprint density at radius 3 is 2.29 bits per heavy atom. The van der Waals surface area contributed by atoms with Crippen LogP contribution in [0.3, 0.4) is 0 Å². The highest BCUT2D eigenvalue weighted by atomic mass is 19.4. The predicted molar refractivity (Wildman–Crippen MR) is 102 cm³/mol. The van der Waals surface area contributed by atoms with E-state index in [0.29, 0.717) is 11.3 Å². The van der Waals surface area contributed by atoms with Crippen molar-refractivity contribution in [3.63, 3.8) is 0 Å². The Hall–Kier alpha value is -2.83. The van der Waals surface area contributed by atoms with Crippen LogP contribution in [0.4, 0.5) is 24.5 Å². The highest BCUT2D eigenvalue weighted by molar-refractivity contribution is 6.01. The number of amides is 1. The van der Waals surface area contributed by atoms with Crippen molar-refractivity contribution >= 4 is 23.1 Å². The maximum atomic E-state index is 13.1. The lowest BCUT2D eigenvalue weighted by atomic mass is 10.1. The first kappa shape index (κ1) is 19.9. The molecule has 0 aromatic heterocycles. The number of nitrogens with zero attached hydrogens (tertiary/aromatic N) is 1. The lowest BCUT2D eigenvalue weighted by Gasteiger charge is -2.23. The Kier molecular flexibility index (Phi) is 6.02. The first-order valence-electron chi connectivity index (χ1n) is 9.19. The summed E-state index contributed by atoms with van der Waals surface area (Å²) < 4.78 is 39.3. The van der Waals surface area contributed by atoms with Crippen molar-refractivity contribution in [2.24, 2.45) is 0 Å². The number of carbonyl (C=O) groups excluding carboxylic acids is 2. The van der Waals surface area contributed by atoms with E-state index >= 15 is 0 Å². The van der Waals surface area contributed by atoms with Gasteiger partial charge in [-0.05, 0) is 31.0 Å². The molecule has 2 aromatic carbocycles. The van der Waals surface area contributed by atoms with Gasteiger partial charge in [0, 0.05) is 31.5 Å². The topological polar surface area (TPSA) is 49.4 Å². The van der Waals surface area contributed by atoms with Crippen molar-refractivity contribution < 1.29 is 22.8 Å². The van der Waals surface area contributed by atoms with Gasteiger partial charge in [-0.15, -0.1) is 0 Å². The average molecular weight is 390 g/mol. The number of benzene rings is 2. The molecular weight excluding hydrogens is 369 g/mol. The summed E-state index contributed by atoms with van der Waals surface area (Å²) in [7, 11) is 0. The van der Waals surface area contributed by atoms with E-state index in [4.69, 9.17) is 0 Å². The van der Waals surface area contributed by atoms with Crippen LogP contribution in [0, 0.1) is 0 Å². The molecule has 1 aliphatic heterocycles. The van der Waals surface area contributed by atoms with E-state index in [-0.39, 0.29) is 24.3 Å². The monoisotopic (exact) mass is 390 g/mol. The number of Topliss-reactive ketones (excluding diaryl/α,β-unsaturated/α-hetero) is 1. The summed E-state index contributed by atoms with van der Waals surface area (Å²) in [5.74, 6) is -0.663. The first-order valence-corrected chi connectivity index (χ1v) is 9.19. The normalized spacial score (nSPS) is 14.2. The summed E-state index contributed by atoms with van der Waals surface area (Å²) in [6, 6.07) is 12.0. The first-order chi connectivity index (χ1) is 13.3. The third-order valence-corrected chi connectivity index (χ3v) is 4.72. The number of hydrogen-bond acceptors (Lipinski definition) is 3. The highest BCUT2D eigenvalue weighted by Crippen LogP contribution is 2.36. The van der Waals surface area contributed by atoms with Crippen molar-refractivity contribution in [3.8, 4) is 0 Å². The summed E-state index contributed by atoms with van der Waals surface area (Å²) in [6.07, 6.45) is -2.68. The van der Waals surface area contributed by atoms with E-state index in [1.54, 1.807) is 30.3 Å². The molecule has 1 heterocycles. The number of ketones is 1. The Labute approximate surface area is 161 Å². The molecule has 4 nitrogen and oxygen atoms in total. The van der Waals surface area contributed by atoms with Gasteiger partial charge < -0.3 is 10.2 Å². The fourth-order valence-electron chi connectivity index (χ4n) is 3.25. The molecule has 1 N–H and O–H groups in total. The lowest BCUT2D eigenvalue weighted by Crippen LogP contribution is -2.22. The number of nitrogens with one attached hydrogen (secondary N) is 1. The molecule has 0 saturated carbocycles. The maximum absolute atomic E-state index is 13.1. The molecule has 28 heavy (non-hydrogen) atoms. The number of rotatable bonds is 6. The SMILES string of the molecule is O=C(CCC(=O)c1ccccc1)Nc1cc(C(F)(F)F)ccc1N1CCCC1. The van der Waals surface area contributed by atoms with Crippen LogP contribution in [-0.2, 0) is 11.0 Å². The van der Waals surface area contributed by atoms with E-state index in [2.05, 4.69) is 5.32 Å². The molecule has 0 unspecified atom stereocenters. The third-order valence-electron chi connectivity index (χ3n) is 4.72. The van der Waals surface area contributed by atoms with Gasteiger partial charge in [-0.25, -0.2) is 0 Å². The summed E-state index contributed by atoms with van der Waals surface area (Å²) in [5, 5.41) is 2.57. The zero-order chi connectivity index (χ0) is 20.1. The molecule has 1 fully saturated rings. The van der Waals surface area contributed by atoms with E-state index < -0.39 is 17.6 Å². The minimum Gasteiger partial charge on any atom is -0.370 e. The van der Waals surface area contributed by atoms with Crippen molar-refractivity contribution in [2.75, 3.05) is 23.3 Å². The van der Waals surface area contributed by atoms with Gasteiger partial charge in [-0.2, -0.15) is 13.2 Å². The summed E-state index contributed by atoms with van der Waals surface area (Å²) in [5.41, 5.74) is 0.403. The number of hydrogen-bond donors (Lipinski definition) is 1. The van der Waals surface area contributed by atoms with Crippen LogP contribution >= 0.6 is 0 Å². The van der Waals surface area contributed by atoms with Crippen LogP contribution < -0.4 is 10.2 Å². The summed E-state index contributed by atoms with van der Waals surface area (Å²) in [4.78, 5) is 26.4. The van der Waals surface area contributed by atoms with Gasteiger partial charge >= 0.3 is 6.18 Å². The molecule has 148 valence electrons. The molecule has 0 atom stereocenters. The van der Waals surface area contributed by atoms with Gasteiger partial charge in [-0.1, -0.05) is 30.3 Å². The minimum atomic E-state index is -4.49. The molecule has 3 rings (SSSR count). The van der Waals surface area contributed by atoms with Gasteiger partial charge in [-0.3, -0.25) is 9.59 Å². The van der Waals surface area contributed by atoms with Crippen LogP contribution in [0.2, 0.25) is 0 Å². The van der Waals surface area contributed by atoms with Crippen molar-refractivity contribution in [2.45, 2.75) is 31.9 Å². The fourth-order valence-corrected chi connectivity index (χ4v) is 3.25. The number of anilines is 2. The van der Waals surface area contributed by atoms with Crippen LogP contribution in [0.25, 0.3) is 0 Å². The van der Waals surface area contributed by atoms with E-state index in [1.807, 2.05) is 4.90 Å². The molecule has 0 radical (unpaired) electrons. The van der Waals surface area contributed by atoms with E-state index in [1.165, 1.54) is 6.07 Å². The second-order valence-electron chi connectivity index (χ2n) is 6.76. The van der Waals surface area contributed by atoms with Gasteiger partial charge in [0.15, 0.2) is 5.78 Å². The van der Waals surface area contributed by atoms with Crippen LogP contribution in [-0.4, -0.2) is 24.8 Å². The van der Waals surface area contributed by atoms with Crippen LogP contribution in [0.1, 0.15) is 41.6 Å². The standard InChI is InChI=1S/C21H21F3N2O2/c22-21(23,24)16-8-9-18(26-12-4-5-13-26)17(14-16)25-20(28)11-10-19(27)15-6-2-1-3-7-15/h1-3,6-9,14H,4-5,10-13H2,(H,25,28). The average Bonchev–Trinajstić information content (AvgIpc) is 3.20. The largest absolute Gasteiger partial charge is 0.416 e. The van der Waals surface area contributed by atoms with Crippen molar-refractivity contribution in [3.05, 3.63) is 59.7 Å². The molecule has 0 bridgehead atoms. The molecule has 0 aliphatic carbocycles. The van der Waals surface area contributed by atoms with Crippen LogP contribution in [0.15, 0.2) is 48.5 Å². The van der Waals surface area contributed by atoms with Crippen LogP contribution in [0.5, 0.6) is 0 Å². The number of halogens is 3. The van der Waals surface area contributed by atoms with Gasteiger partial charge in [0.25, 0.3) is 0 Å². The minimum absolute atomic E-state index is 0.00610. The van der Waals surface area contributed by atoms with Gasteiger partial charge in [0.1, 0.15) is 0 Å². The quantitative estimate of drug-likeness (QED) is 0.713. The molecule has 2 aromatic rings. The molecule has 7 heteroatoms. The Morgan fingerprint density at radius 2 is 1.64 bits per heavy atom. The Balaban J connectivity index is 1.72. The number of alkyl halides is 3. The molecule has 1 saturated heterocycles. The van der Waals surface area contributed by atoms with E-state index in [9.17, 15) is 22.8 Å². The molecule has 1 amide bonds. The molecule has 1 aliphatic rings. The lowest BCUT2D eigenvalue weighted by molar-refractivity contribution is -0.137. The zero-order valence-corrected chi connectivity index (χ0v) is 15.3. The second-order valence-corrected chi connectivity index (χ2v) is 6.76. The Bertz CT molecular complexity index is 844. The second kappa shape index (κ2) is 8.46. The third kappa shape index (κ3) is 4.91. The van der Waals surface area contributed by atoms with Crippen molar-refractivity contribution in [1.82, 2.24) is 0 Å². The highest BCUT2D eigenvalue weighted by Gasteiger charge is 2.32. The maximum Gasteiger partial charge on any atom is 0.416 e. The fraction of sp³-hybridized carbons (Fsp3) is 0.333. The van der Waals surface area contributed by atoms with E-state index in [0.717, 1.165) is 38.1 Å². The molecule has 0 spiro atoms. The summed E-state index contributed by atoms with van der Waals surface area (Å²) in [6.45, 7) is 1.47. The van der Waals surface area contributed by atoms with Crippen molar-refractivity contribution in [1.29, 1.82) is 0 Å². The zero-order valence-electron chi connectivity index (χ0n) is 15.3. The van der Waals surface area contributed by atoms with Gasteiger partial charge in [0.05, 0.1) is 16.9 Å².